The molecule has 1 aliphatic carbocycles. The minimum atomic E-state index is 0.200. The first kappa shape index (κ1) is 13.6. The SMILES string of the molecule is O=C1CCC(NC2CCCCC2c2ccccc2)CN1. The van der Waals surface area contributed by atoms with Crippen LogP contribution in [0.25, 0.3) is 0 Å². The van der Waals surface area contributed by atoms with Crippen LogP contribution in [0.2, 0.25) is 0 Å². The molecule has 1 saturated heterocycles. The maximum absolute atomic E-state index is 11.2. The highest BCUT2D eigenvalue weighted by molar-refractivity contribution is 5.76. The Morgan fingerprint density at radius 3 is 2.60 bits per heavy atom. The van der Waals surface area contributed by atoms with Crippen LogP contribution in [0.1, 0.15) is 50.0 Å². The van der Waals surface area contributed by atoms with Gasteiger partial charge < -0.3 is 10.6 Å². The normalized spacial score (nSPS) is 30.8. The number of hydrogen-bond donors (Lipinski definition) is 2. The number of benzene rings is 1. The molecule has 3 nitrogen and oxygen atoms in total. The van der Waals surface area contributed by atoms with E-state index in [1.165, 1.54) is 31.2 Å². The van der Waals surface area contributed by atoms with Gasteiger partial charge in [0.05, 0.1) is 0 Å². The summed E-state index contributed by atoms with van der Waals surface area (Å²) in [5, 5.41) is 6.79. The molecule has 3 heteroatoms. The predicted octanol–water partition coefficient (Wildman–Crippen LogP) is 2.58. The molecule has 0 bridgehead atoms. The van der Waals surface area contributed by atoms with Crippen molar-refractivity contribution >= 4 is 5.91 Å². The lowest BCUT2D eigenvalue weighted by atomic mass is 9.79. The average Bonchev–Trinajstić information content (AvgIpc) is 2.51. The largest absolute Gasteiger partial charge is 0.355 e. The van der Waals surface area contributed by atoms with Crippen molar-refractivity contribution in [2.24, 2.45) is 0 Å². The summed E-state index contributed by atoms with van der Waals surface area (Å²) in [5.41, 5.74) is 1.46. The number of amides is 1. The van der Waals surface area contributed by atoms with Gasteiger partial charge in [-0.1, -0.05) is 43.2 Å². The van der Waals surface area contributed by atoms with Gasteiger partial charge in [-0.15, -0.1) is 0 Å². The standard InChI is InChI=1S/C17H24N2O/c20-17-11-10-14(12-18-17)19-16-9-5-4-8-15(16)13-6-2-1-3-7-13/h1-3,6-7,14-16,19H,4-5,8-12H2,(H,18,20). The molecule has 20 heavy (non-hydrogen) atoms. The van der Waals surface area contributed by atoms with Crippen molar-refractivity contribution in [3.63, 3.8) is 0 Å². The lowest BCUT2D eigenvalue weighted by Gasteiger charge is -2.36. The Labute approximate surface area is 121 Å². The molecule has 3 atom stereocenters. The van der Waals surface area contributed by atoms with Crippen molar-refractivity contribution in [1.82, 2.24) is 10.6 Å². The van der Waals surface area contributed by atoms with Crippen LogP contribution in [0, 0.1) is 0 Å². The third-order valence-electron chi connectivity index (χ3n) is 4.71. The van der Waals surface area contributed by atoms with Gasteiger partial charge in [0.25, 0.3) is 0 Å². The van der Waals surface area contributed by atoms with E-state index in [2.05, 4.69) is 41.0 Å². The summed E-state index contributed by atoms with van der Waals surface area (Å²) in [5.74, 6) is 0.828. The van der Waals surface area contributed by atoms with Crippen LogP contribution in [0.15, 0.2) is 30.3 Å². The van der Waals surface area contributed by atoms with Crippen LogP contribution in [0.4, 0.5) is 0 Å². The second kappa shape index (κ2) is 6.40. The third kappa shape index (κ3) is 3.21. The molecule has 108 valence electrons. The van der Waals surface area contributed by atoms with Gasteiger partial charge in [0, 0.05) is 25.0 Å². The molecule has 2 fully saturated rings. The first-order valence-electron chi connectivity index (χ1n) is 7.90. The van der Waals surface area contributed by atoms with Crippen LogP contribution >= 0.6 is 0 Å². The fraction of sp³-hybridized carbons (Fsp3) is 0.588. The van der Waals surface area contributed by atoms with Crippen molar-refractivity contribution in [1.29, 1.82) is 0 Å². The molecule has 1 saturated carbocycles. The van der Waals surface area contributed by atoms with Crippen LogP contribution in [-0.4, -0.2) is 24.5 Å². The maximum Gasteiger partial charge on any atom is 0.220 e. The summed E-state index contributed by atoms with van der Waals surface area (Å²) in [6.45, 7) is 0.789. The molecule has 0 radical (unpaired) electrons. The summed E-state index contributed by atoms with van der Waals surface area (Å²) < 4.78 is 0. The van der Waals surface area contributed by atoms with E-state index in [1.807, 2.05) is 0 Å². The molecule has 1 amide bonds. The van der Waals surface area contributed by atoms with E-state index < -0.39 is 0 Å². The van der Waals surface area contributed by atoms with Gasteiger partial charge in [-0.3, -0.25) is 4.79 Å². The van der Waals surface area contributed by atoms with Crippen molar-refractivity contribution in [2.75, 3.05) is 6.54 Å². The van der Waals surface area contributed by atoms with Crippen LogP contribution in [-0.2, 0) is 4.79 Å². The fourth-order valence-corrected chi connectivity index (χ4v) is 3.61. The fourth-order valence-electron chi connectivity index (χ4n) is 3.61. The second-order valence-electron chi connectivity index (χ2n) is 6.11. The molecular formula is C17H24N2O. The number of carbonyl (C=O) groups is 1. The van der Waals surface area contributed by atoms with E-state index >= 15 is 0 Å². The summed E-state index contributed by atoms with van der Waals surface area (Å²) in [4.78, 5) is 11.2. The Hall–Kier alpha value is -1.35. The van der Waals surface area contributed by atoms with Crippen molar-refractivity contribution in [3.05, 3.63) is 35.9 Å². The van der Waals surface area contributed by atoms with Crippen LogP contribution in [0.5, 0.6) is 0 Å². The van der Waals surface area contributed by atoms with E-state index in [0.29, 0.717) is 24.4 Å². The Morgan fingerprint density at radius 2 is 1.85 bits per heavy atom. The lowest BCUT2D eigenvalue weighted by Crippen LogP contribution is -2.51. The monoisotopic (exact) mass is 272 g/mol. The molecule has 0 spiro atoms. The molecule has 2 N–H and O–H groups in total. The molecule has 2 aliphatic rings. The molecule has 1 aromatic carbocycles. The summed E-state index contributed by atoms with van der Waals surface area (Å²) >= 11 is 0. The van der Waals surface area contributed by atoms with E-state index in [4.69, 9.17) is 0 Å². The minimum absolute atomic E-state index is 0.200. The van der Waals surface area contributed by atoms with Gasteiger partial charge in [0.2, 0.25) is 5.91 Å². The highest BCUT2D eigenvalue weighted by Gasteiger charge is 2.29. The molecule has 1 heterocycles. The van der Waals surface area contributed by atoms with E-state index in [9.17, 15) is 4.79 Å². The van der Waals surface area contributed by atoms with Gasteiger partial charge in [0.15, 0.2) is 0 Å². The highest BCUT2D eigenvalue weighted by Crippen LogP contribution is 2.33. The van der Waals surface area contributed by atoms with Crippen LogP contribution < -0.4 is 10.6 Å². The second-order valence-corrected chi connectivity index (χ2v) is 6.11. The highest BCUT2D eigenvalue weighted by atomic mass is 16.1. The zero-order valence-corrected chi connectivity index (χ0v) is 12.0. The van der Waals surface area contributed by atoms with Crippen molar-refractivity contribution < 1.29 is 4.79 Å². The Morgan fingerprint density at radius 1 is 1.05 bits per heavy atom. The predicted molar refractivity (Wildman–Crippen MR) is 80.6 cm³/mol. The Bertz CT molecular complexity index is 436. The first-order valence-corrected chi connectivity index (χ1v) is 7.90. The van der Waals surface area contributed by atoms with Crippen molar-refractivity contribution in [3.8, 4) is 0 Å². The molecule has 0 aromatic heterocycles. The number of nitrogens with one attached hydrogen (secondary N) is 2. The summed E-state index contributed by atoms with van der Waals surface area (Å²) in [6.07, 6.45) is 6.83. The smallest absolute Gasteiger partial charge is 0.220 e. The number of hydrogen-bond acceptors (Lipinski definition) is 2. The summed E-state index contributed by atoms with van der Waals surface area (Å²) in [7, 11) is 0. The third-order valence-corrected chi connectivity index (χ3v) is 4.71. The summed E-state index contributed by atoms with van der Waals surface area (Å²) in [6, 6.07) is 11.9. The van der Waals surface area contributed by atoms with Gasteiger partial charge in [-0.05, 0) is 30.7 Å². The molecule has 1 aliphatic heterocycles. The average molecular weight is 272 g/mol. The zero-order chi connectivity index (χ0) is 13.8. The van der Waals surface area contributed by atoms with E-state index in [1.54, 1.807) is 0 Å². The van der Waals surface area contributed by atoms with E-state index in [0.717, 1.165) is 13.0 Å². The van der Waals surface area contributed by atoms with Gasteiger partial charge in [0.1, 0.15) is 0 Å². The molecular weight excluding hydrogens is 248 g/mol. The first-order chi connectivity index (χ1) is 9.83. The number of piperidine rings is 1. The Kier molecular flexibility index (Phi) is 4.36. The lowest BCUT2D eigenvalue weighted by molar-refractivity contribution is -0.122. The van der Waals surface area contributed by atoms with Gasteiger partial charge in [-0.2, -0.15) is 0 Å². The molecule has 1 aromatic rings. The maximum atomic E-state index is 11.2. The number of rotatable bonds is 3. The Balaban J connectivity index is 1.65. The van der Waals surface area contributed by atoms with Gasteiger partial charge in [-0.25, -0.2) is 0 Å². The van der Waals surface area contributed by atoms with Crippen molar-refractivity contribution in [2.45, 2.75) is 56.5 Å². The minimum Gasteiger partial charge on any atom is -0.355 e. The number of carbonyl (C=O) groups excluding carboxylic acids is 1. The zero-order valence-electron chi connectivity index (χ0n) is 12.0. The molecule has 3 rings (SSSR count). The topological polar surface area (TPSA) is 41.1 Å². The van der Waals surface area contributed by atoms with Gasteiger partial charge >= 0.3 is 0 Å². The molecule has 3 unspecified atom stereocenters. The van der Waals surface area contributed by atoms with Crippen LogP contribution in [0.3, 0.4) is 0 Å². The van der Waals surface area contributed by atoms with E-state index in [-0.39, 0.29) is 5.91 Å². The quantitative estimate of drug-likeness (QED) is 0.888.